The van der Waals surface area contributed by atoms with Gasteiger partial charge in [0, 0.05) is 5.56 Å². The summed E-state index contributed by atoms with van der Waals surface area (Å²) in [7, 11) is -4.33. The third-order valence-electron chi connectivity index (χ3n) is 4.57. The second kappa shape index (κ2) is 8.47. The van der Waals surface area contributed by atoms with Gasteiger partial charge in [0.15, 0.2) is 0 Å². The SMILES string of the molecule is C=CC(=O)N(c1cccc(F)c1C(=C)c1ccccc1)S(=O)(=O)c1ccc(C)cc1. The Morgan fingerprint density at radius 2 is 1.60 bits per heavy atom. The lowest BCUT2D eigenvalue weighted by Gasteiger charge is -2.25. The van der Waals surface area contributed by atoms with Crippen molar-refractivity contribution < 1.29 is 17.6 Å². The van der Waals surface area contributed by atoms with E-state index in [-0.39, 0.29) is 21.7 Å². The van der Waals surface area contributed by atoms with E-state index in [2.05, 4.69) is 13.2 Å². The van der Waals surface area contributed by atoms with Crippen LogP contribution in [-0.4, -0.2) is 14.3 Å². The summed E-state index contributed by atoms with van der Waals surface area (Å²) in [5.41, 5.74) is 1.51. The fourth-order valence-electron chi connectivity index (χ4n) is 3.03. The van der Waals surface area contributed by atoms with Gasteiger partial charge in [-0.05, 0) is 48.4 Å². The van der Waals surface area contributed by atoms with Gasteiger partial charge in [0.05, 0.1) is 10.6 Å². The number of rotatable bonds is 6. The van der Waals surface area contributed by atoms with Crippen molar-refractivity contribution in [2.24, 2.45) is 0 Å². The molecule has 0 spiro atoms. The van der Waals surface area contributed by atoms with Crippen LogP contribution in [0.25, 0.3) is 5.57 Å². The molecule has 0 aliphatic carbocycles. The van der Waals surface area contributed by atoms with E-state index in [4.69, 9.17) is 0 Å². The molecule has 0 unspecified atom stereocenters. The van der Waals surface area contributed by atoms with E-state index >= 15 is 0 Å². The largest absolute Gasteiger partial charge is 0.271 e. The zero-order valence-corrected chi connectivity index (χ0v) is 17.2. The quantitative estimate of drug-likeness (QED) is 0.520. The number of benzene rings is 3. The zero-order valence-electron chi connectivity index (χ0n) is 16.4. The van der Waals surface area contributed by atoms with Crippen LogP contribution in [0, 0.1) is 12.7 Å². The molecule has 4 nitrogen and oxygen atoms in total. The Bertz CT molecular complexity index is 1220. The van der Waals surface area contributed by atoms with Crippen molar-refractivity contribution in [2.45, 2.75) is 11.8 Å². The lowest BCUT2D eigenvalue weighted by molar-refractivity contribution is -0.113. The van der Waals surface area contributed by atoms with Gasteiger partial charge >= 0.3 is 0 Å². The van der Waals surface area contributed by atoms with Crippen LogP contribution in [-0.2, 0) is 14.8 Å². The minimum atomic E-state index is -4.33. The van der Waals surface area contributed by atoms with Crippen LogP contribution in [0.5, 0.6) is 0 Å². The van der Waals surface area contributed by atoms with Crippen LogP contribution in [0.4, 0.5) is 10.1 Å². The van der Waals surface area contributed by atoms with Crippen molar-refractivity contribution in [3.8, 4) is 0 Å². The van der Waals surface area contributed by atoms with Gasteiger partial charge in [-0.2, -0.15) is 4.31 Å². The fraction of sp³-hybridized carbons (Fsp3) is 0.0417. The molecule has 0 radical (unpaired) electrons. The van der Waals surface area contributed by atoms with Crippen LogP contribution < -0.4 is 4.31 Å². The fourth-order valence-corrected chi connectivity index (χ4v) is 4.44. The third kappa shape index (κ3) is 3.95. The lowest BCUT2D eigenvalue weighted by Crippen LogP contribution is -2.36. The number of carbonyl (C=O) groups excluding carboxylic acids is 1. The molecule has 152 valence electrons. The van der Waals surface area contributed by atoms with Gasteiger partial charge < -0.3 is 0 Å². The van der Waals surface area contributed by atoms with Crippen LogP contribution in [0.1, 0.15) is 16.7 Å². The molecule has 0 heterocycles. The number of aryl methyl sites for hydroxylation is 1. The second-order valence-electron chi connectivity index (χ2n) is 6.60. The van der Waals surface area contributed by atoms with Crippen molar-refractivity contribution in [2.75, 3.05) is 4.31 Å². The summed E-state index contributed by atoms with van der Waals surface area (Å²) in [5, 5.41) is 0. The number of hydrogen-bond acceptors (Lipinski definition) is 3. The maximum absolute atomic E-state index is 14.9. The van der Waals surface area contributed by atoms with Gasteiger partial charge in [-0.25, -0.2) is 12.8 Å². The summed E-state index contributed by atoms with van der Waals surface area (Å²) in [6.07, 6.45) is 0.881. The van der Waals surface area contributed by atoms with E-state index in [1.165, 1.54) is 30.3 Å². The molecule has 0 aliphatic rings. The highest BCUT2D eigenvalue weighted by Gasteiger charge is 2.32. The highest BCUT2D eigenvalue weighted by atomic mass is 32.2. The van der Waals surface area contributed by atoms with Crippen molar-refractivity contribution in [3.63, 3.8) is 0 Å². The first-order valence-corrected chi connectivity index (χ1v) is 10.5. The molecule has 3 aromatic rings. The van der Waals surface area contributed by atoms with Crippen molar-refractivity contribution in [3.05, 3.63) is 115 Å². The Balaban J connectivity index is 2.25. The van der Waals surface area contributed by atoms with Gasteiger partial charge in [-0.1, -0.05) is 67.3 Å². The van der Waals surface area contributed by atoms with Crippen LogP contribution >= 0.6 is 0 Å². The second-order valence-corrected chi connectivity index (χ2v) is 8.39. The Morgan fingerprint density at radius 1 is 0.967 bits per heavy atom. The minimum Gasteiger partial charge on any atom is -0.268 e. The standard InChI is InChI=1S/C24H20FNO3S/c1-4-23(27)26(30(28,29)20-15-13-17(2)14-16-20)22-12-8-11-21(25)24(22)18(3)19-9-6-5-7-10-19/h4-16H,1,3H2,2H3. The molecule has 3 rings (SSSR count). The first-order chi connectivity index (χ1) is 14.3. The van der Waals surface area contributed by atoms with Crippen LogP contribution in [0.3, 0.4) is 0 Å². The Kier molecular flexibility index (Phi) is 5.99. The average molecular weight is 421 g/mol. The highest BCUT2D eigenvalue weighted by Crippen LogP contribution is 2.35. The molecule has 1 amide bonds. The molecule has 0 saturated carbocycles. The van der Waals surface area contributed by atoms with Gasteiger partial charge in [0.25, 0.3) is 15.9 Å². The lowest BCUT2D eigenvalue weighted by atomic mass is 9.97. The molecule has 0 N–H and O–H groups in total. The van der Waals surface area contributed by atoms with Crippen molar-refractivity contribution >= 4 is 27.2 Å². The monoisotopic (exact) mass is 421 g/mol. The number of anilines is 1. The molecule has 6 heteroatoms. The maximum atomic E-state index is 14.9. The first kappa shape index (κ1) is 21.2. The maximum Gasteiger partial charge on any atom is 0.271 e. The van der Waals surface area contributed by atoms with Crippen LogP contribution in [0.15, 0.2) is 96.9 Å². The highest BCUT2D eigenvalue weighted by molar-refractivity contribution is 7.93. The Labute approximate surface area is 175 Å². The number of carbonyl (C=O) groups is 1. The van der Waals surface area contributed by atoms with E-state index in [0.717, 1.165) is 11.6 Å². The molecule has 0 fully saturated rings. The topological polar surface area (TPSA) is 54.5 Å². The molecular weight excluding hydrogens is 401 g/mol. The third-order valence-corrected chi connectivity index (χ3v) is 6.29. The molecule has 0 aliphatic heterocycles. The molecule has 0 aromatic heterocycles. The Hall–Kier alpha value is -3.51. The smallest absolute Gasteiger partial charge is 0.268 e. The normalized spacial score (nSPS) is 11.0. The van der Waals surface area contributed by atoms with Crippen LogP contribution in [0.2, 0.25) is 0 Å². The summed E-state index contributed by atoms with van der Waals surface area (Å²) in [6, 6.07) is 18.7. The van der Waals surface area contributed by atoms with E-state index in [0.29, 0.717) is 9.87 Å². The molecular formula is C24H20FNO3S. The van der Waals surface area contributed by atoms with Gasteiger partial charge in [0.1, 0.15) is 5.82 Å². The number of amides is 1. The summed E-state index contributed by atoms with van der Waals surface area (Å²) < 4.78 is 42.2. The summed E-state index contributed by atoms with van der Waals surface area (Å²) in [4.78, 5) is 12.6. The molecule has 0 bridgehead atoms. The summed E-state index contributed by atoms with van der Waals surface area (Å²) in [6.45, 7) is 9.18. The molecule has 30 heavy (non-hydrogen) atoms. The van der Waals surface area contributed by atoms with E-state index in [1.54, 1.807) is 42.5 Å². The summed E-state index contributed by atoms with van der Waals surface area (Å²) >= 11 is 0. The minimum absolute atomic E-state index is 0.0745. The predicted molar refractivity (Wildman–Crippen MR) is 117 cm³/mol. The van der Waals surface area contributed by atoms with E-state index in [9.17, 15) is 17.6 Å². The predicted octanol–water partition coefficient (Wildman–Crippen LogP) is 5.10. The molecule has 0 saturated heterocycles. The molecule has 3 aromatic carbocycles. The Morgan fingerprint density at radius 3 is 2.20 bits per heavy atom. The first-order valence-electron chi connectivity index (χ1n) is 9.09. The number of hydrogen-bond donors (Lipinski definition) is 0. The van der Waals surface area contributed by atoms with Crippen molar-refractivity contribution in [1.82, 2.24) is 0 Å². The number of nitrogens with zero attached hydrogens (tertiary/aromatic N) is 1. The average Bonchev–Trinajstić information content (AvgIpc) is 2.74. The van der Waals surface area contributed by atoms with Gasteiger partial charge in [-0.15, -0.1) is 0 Å². The van der Waals surface area contributed by atoms with E-state index in [1.807, 2.05) is 6.92 Å². The zero-order chi connectivity index (χ0) is 21.9. The molecule has 0 atom stereocenters. The number of sulfonamides is 1. The van der Waals surface area contributed by atoms with E-state index < -0.39 is 21.7 Å². The van der Waals surface area contributed by atoms with Gasteiger partial charge in [0.2, 0.25) is 0 Å². The summed E-state index contributed by atoms with van der Waals surface area (Å²) in [5.74, 6) is -1.59. The van der Waals surface area contributed by atoms with Gasteiger partial charge in [-0.3, -0.25) is 4.79 Å². The number of halogens is 1. The van der Waals surface area contributed by atoms with Crippen molar-refractivity contribution in [1.29, 1.82) is 0 Å².